The zero-order valence-corrected chi connectivity index (χ0v) is 20.3. The molecule has 0 atom stereocenters. The lowest BCUT2D eigenvalue weighted by atomic mass is 9.78. The Morgan fingerprint density at radius 2 is 1.32 bits per heavy atom. The van der Waals surface area contributed by atoms with Gasteiger partial charge in [-0.05, 0) is 33.1 Å². The normalized spacial score (nSPS) is 16.8. The van der Waals surface area contributed by atoms with Crippen LogP contribution in [0.4, 0.5) is 0 Å². The highest BCUT2D eigenvalue weighted by atomic mass is 16.3. The van der Waals surface area contributed by atoms with Gasteiger partial charge in [0.1, 0.15) is 5.75 Å². The van der Waals surface area contributed by atoms with Gasteiger partial charge in [0, 0.05) is 39.3 Å². The molecule has 0 spiro atoms. The van der Waals surface area contributed by atoms with Gasteiger partial charge in [-0.25, -0.2) is 0 Å². The van der Waals surface area contributed by atoms with Crippen molar-refractivity contribution in [2.75, 3.05) is 32.7 Å². The first-order valence-corrected chi connectivity index (χ1v) is 11.6. The fourth-order valence-electron chi connectivity index (χ4n) is 4.22. The topological polar surface area (TPSA) is 26.7 Å². The third kappa shape index (κ3) is 6.44. The highest BCUT2D eigenvalue weighted by molar-refractivity contribution is 5.50. The summed E-state index contributed by atoms with van der Waals surface area (Å²) in [7, 11) is 0. The van der Waals surface area contributed by atoms with E-state index < -0.39 is 0 Å². The third-order valence-electron chi connectivity index (χ3n) is 6.13. The van der Waals surface area contributed by atoms with Crippen LogP contribution in [-0.4, -0.2) is 47.6 Å². The molecule has 0 aromatic heterocycles. The lowest BCUT2D eigenvalue weighted by Gasteiger charge is -2.35. The Hall–Kier alpha value is -2.10. The maximum Gasteiger partial charge on any atom is 0.123 e. The molecule has 0 bridgehead atoms. The summed E-state index contributed by atoms with van der Waals surface area (Å²) in [4.78, 5) is 5.07. The molecule has 1 saturated heterocycles. The second-order valence-corrected chi connectivity index (χ2v) is 10.9. The van der Waals surface area contributed by atoms with Gasteiger partial charge >= 0.3 is 0 Å². The Balaban J connectivity index is 1.63. The van der Waals surface area contributed by atoms with Crippen molar-refractivity contribution in [3.05, 3.63) is 70.8 Å². The lowest BCUT2D eigenvalue weighted by molar-refractivity contribution is 0.137. The number of piperazine rings is 1. The first-order valence-electron chi connectivity index (χ1n) is 11.6. The number of benzene rings is 2. The largest absolute Gasteiger partial charge is 0.507 e. The maximum atomic E-state index is 11.0. The molecule has 0 saturated carbocycles. The summed E-state index contributed by atoms with van der Waals surface area (Å²) in [5, 5.41) is 11.0. The minimum atomic E-state index is -0.0795. The number of hydrogen-bond donors (Lipinski definition) is 1. The first-order chi connectivity index (χ1) is 14.5. The molecule has 0 radical (unpaired) electrons. The minimum absolute atomic E-state index is 0.0795. The molecule has 1 aliphatic rings. The van der Waals surface area contributed by atoms with E-state index in [4.69, 9.17) is 0 Å². The van der Waals surface area contributed by atoms with Gasteiger partial charge in [0.2, 0.25) is 0 Å². The molecule has 168 valence electrons. The van der Waals surface area contributed by atoms with Crippen molar-refractivity contribution >= 4 is 6.08 Å². The molecule has 3 nitrogen and oxygen atoms in total. The molecule has 1 aliphatic heterocycles. The van der Waals surface area contributed by atoms with Gasteiger partial charge in [0.05, 0.1) is 0 Å². The van der Waals surface area contributed by atoms with Gasteiger partial charge in [-0.1, -0.05) is 96.2 Å². The fourth-order valence-corrected chi connectivity index (χ4v) is 4.22. The second kappa shape index (κ2) is 9.58. The number of nitrogens with zero attached hydrogens (tertiary/aromatic N) is 2. The monoisotopic (exact) mass is 420 g/mol. The molecule has 1 N–H and O–H groups in total. The predicted molar refractivity (Wildman–Crippen MR) is 133 cm³/mol. The van der Waals surface area contributed by atoms with Crippen LogP contribution in [0.25, 0.3) is 6.08 Å². The van der Waals surface area contributed by atoms with Gasteiger partial charge in [-0.3, -0.25) is 9.80 Å². The third-order valence-corrected chi connectivity index (χ3v) is 6.13. The van der Waals surface area contributed by atoms with Gasteiger partial charge in [-0.15, -0.1) is 0 Å². The molecule has 0 unspecified atom stereocenters. The Morgan fingerprint density at radius 3 is 1.84 bits per heavy atom. The summed E-state index contributed by atoms with van der Waals surface area (Å²) >= 11 is 0. The van der Waals surface area contributed by atoms with Crippen molar-refractivity contribution in [2.45, 2.75) is 58.9 Å². The summed E-state index contributed by atoms with van der Waals surface area (Å²) in [6.07, 6.45) is 4.49. The van der Waals surface area contributed by atoms with Gasteiger partial charge in [0.15, 0.2) is 0 Å². The van der Waals surface area contributed by atoms with Crippen LogP contribution >= 0.6 is 0 Å². The van der Waals surface area contributed by atoms with E-state index >= 15 is 0 Å². The van der Waals surface area contributed by atoms with E-state index in [-0.39, 0.29) is 10.8 Å². The number of hydrogen-bond acceptors (Lipinski definition) is 3. The zero-order chi connectivity index (χ0) is 22.6. The lowest BCUT2D eigenvalue weighted by Crippen LogP contribution is -2.45. The molecule has 2 aromatic carbocycles. The van der Waals surface area contributed by atoms with Crippen molar-refractivity contribution < 1.29 is 5.11 Å². The van der Waals surface area contributed by atoms with Crippen LogP contribution < -0.4 is 0 Å². The van der Waals surface area contributed by atoms with Gasteiger partial charge in [0.25, 0.3) is 0 Å². The predicted octanol–water partition coefficient (Wildman–Crippen LogP) is 5.82. The van der Waals surface area contributed by atoms with E-state index in [1.807, 2.05) is 0 Å². The Morgan fingerprint density at radius 1 is 0.806 bits per heavy atom. The molecule has 3 heteroatoms. The number of phenolic OH excluding ortho intramolecular Hbond substituents is 1. The van der Waals surface area contributed by atoms with Gasteiger partial charge < -0.3 is 5.11 Å². The Kier molecular flexibility index (Phi) is 7.28. The Bertz CT molecular complexity index is 844. The van der Waals surface area contributed by atoms with Gasteiger partial charge in [-0.2, -0.15) is 0 Å². The minimum Gasteiger partial charge on any atom is -0.507 e. The van der Waals surface area contributed by atoms with Crippen LogP contribution in [0.15, 0.2) is 48.5 Å². The average molecular weight is 421 g/mol. The van der Waals surface area contributed by atoms with Crippen LogP contribution in [-0.2, 0) is 17.4 Å². The smallest absolute Gasteiger partial charge is 0.123 e. The highest BCUT2D eigenvalue weighted by Crippen LogP contribution is 2.40. The van der Waals surface area contributed by atoms with E-state index in [9.17, 15) is 5.11 Å². The molecular weight excluding hydrogens is 380 g/mol. The molecule has 0 aliphatic carbocycles. The molecule has 31 heavy (non-hydrogen) atoms. The van der Waals surface area contributed by atoms with Crippen molar-refractivity contribution in [1.82, 2.24) is 9.80 Å². The summed E-state index contributed by atoms with van der Waals surface area (Å²) in [6.45, 7) is 19.4. The number of aromatic hydroxyl groups is 1. The second-order valence-electron chi connectivity index (χ2n) is 10.9. The highest BCUT2D eigenvalue weighted by Gasteiger charge is 2.27. The summed E-state index contributed by atoms with van der Waals surface area (Å²) in [5.41, 5.74) is 4.52. The van der Waals surface area contributed by atoms with E-state index in [1.54, 1.807) is 0 Å². The number of phenols is 1. The van der Waals surface area contributed by atoms with E-state index in [0.29, 0.717) is 5.75 Å². The van der Waals surface area contributed by atoms with E-state index in [0.717, 1.165) is 50.4 Å². The van der Waals surface area contributed by atoms with Crippen LogP contribution in [0, 0.1) is 0 Å². The summed E-state index contributed by atoms with van der Waals surface area (Å²) in [5.74, 6) is 0.471. The maximum absolute atomic E-state index is 11.0. The van der Waals surface area contributed by atoms with Crippen LogP contribution in [0.1, 0.15) is 63.8 Å². The zero-order valence-electron chi connectivity index (χ0n) is 20.3. The SMILES string of the molecule is CC(C)(C)c1cc(CN2CCN(CC=Cc3ccccc3)CC2)cc(C(C)(C)C)c1O. The summed E-state index contributed by atoms with van der Waals surface area (Å²) < 4.78 is 0. The molecule has 3 rings (SSSR count). The summed E-state index contributed by atoms with van der Waals surface area (Å²) in [6, 6.07) is 14.9. The standard InChI is InChI=1S/C28H40N2O/c1-27(2,3)24-19-23(20-25(26(24)31)28(4,5)6)21-30-17-15-29(16-18-30)14-10-13-22-11-8-7-9-12-22/h7-13,19-20,31H,14-18,21H2,1-6H3. The Labute approximate surface area is 189 Å². The van der Waals surface area contributed by atoms with Crippen LogP contribution in [0.3, 0.4) is 0 Å². The number of rotatable bonds is 5. The fraction of sp³-hybridized carbons (Fsp3) is 0.500. The molecule has 1 fully saturated rings. The van der Waals surface area contributed by atoms with Crippen molar-refractivity contribution in [3.8, 4) is 5.75 Å². The van der Waals surface area contributed by atoms with Crippen LogP contribution in [0.2, 0.25) is 0 Å². The molecule has 2 aromatic rings. The van der Waals surface area contributed by atoms with E-state index in [2.05, 4.69) is 106 Å². The quantitative estimate of drug-likeness (QED) is 0.660. The first kappa shape index (κ1) is 23.6. The van der Waals surface area contributed by atoms with Crippen molar-refractivity contribution in [3.63, 3.8) is 0 Å². The van der Waals surface area contributed by atoms with Crippen molar-refractivity contribution in [1.29, 1.82) is 0 Å². The van der Waals surface area contributed by atoms with E-state index in [1.165, 1.54) is 11.1 Å². The molecule has 1 heterocycles. The van der Waals surface area contributed by atoms with Crippen molar-refractivity contribution in [2.24, 2.45) is 0 Å². The average Bonchev–Trinajstić information content (AvgIpc) is 2.69. The van der Waals surface area contributed by atoms with Crippen LogP contribution in [0.5, 0.6) is 5.75 Å². The molecule has 0 amide bonds. The molecular formula is C28H40N2O.